The Morgan fingerprint density at radius 1 is 1.21 bits per heavy atom. The van der Waals surface area contributed by atoms with Crippen LogP contribution in [0.2, 0.25) is 10.2 Å². The molecule has 0 N–H and O–H groups in total. The van der Waals surface area contributed by atoms with Crippen molar-refractivity contribution in [3.63, 3.8) is 0 Å². The number of aromatic nitrogens is 2. The van der Waals surface area contributed by atoms with Gasteiger partial charge in [0.15, 0.2) is 5.82 Å². The van der Waals surface area contributed by atoms with Gasteiger partial charge in [-0.05, 0) is 18.6 Å². The van der Waals surface area contributed by atoms with E-state index in [-0.39, 0.29) is 0 Å². The molecule has 0 saturated heterocycles. The minimum absolute atomic E-state index is 0.469. The minimum Gasteiger partial charge on any atom is -0.376 e. The van der Waals surface area contributed by atoms with Crippen LogP contribution in [0.15, 0.2) is 18.2 Å². The van der Waals surface area contributed by atoms with Gasteiger partial charge in [-0.3, -0.25) is 0 Å². The molecule has 3 rings (SSSR count). The Bertz CT molecular complexity index is 644. The second-order valence-corrected chi connectivity index (χ2v) is 5.30. The van der Waals surface area contributed by atoms with Crippen molar-refractivity contribution in [2.45, 2.75) is 20.0 Å². The summed E-state index contributed by atoms with van der Waals surface area (Å²) in [6.07, 6.45) is 0.768. The van der Waals surface area contributed by atoms with Gasteiger partial charge in [0.05, 0.1) is 18.9 Å². The first-order valence-corrected chi connectivity index (χ1v) is 6.80. The van der Waals surface area contributed by atoms with E-state index in [4.69, 9.17) is 27.9 Å². The van der Waals surface area contributed by atoms with Crippen LogP contribution in [0.4, 0.5) is 0 Å². The molecule has 0 spiro atoms. The zero-order valence-corrected chi connectivity index (χ0v) is 11.9. The highest BCUT2D eigenvalue weighted by atomic mass is 35.5. The Labute approximate surface area is 121 Å². The zero-order valence-electron chi connectivity index (χ0n) is 10.4. The van der Waals surface area contributed by atoms with E-state index in [2.05, 4.69) is 9.97 Å². The molecule has 0 atom stereocenters. The predicted octanol–water partition coefficient (Wildman–Crippen LogP) is 3.83. The molecule has 19 heavy (non-hydrogen) atoms. The van der Waals surface area contributed by atoms with Gasteiger partial charge in [0.1, 0.15) is 5.15 Å². The van der Waals surface area contributed by atoms with Crippen molar-refractivity contribution in [3.8, 4) is 11.4 Å². The molecule has 0 fully saturated rings. The molecule has 98 valence electrons. The summed E-state index contributed by atoms with van der Waals surface area (Å²) in [7, 11) is 0. The maximum Gasteiger partial charge on any atom is 0.161 e. The zero-order chi connectivity index (χ0) is 13.4. The van der Waals surface area contributed by atoms with Gasteiger partial charge >= 0.3 is 0 Å². The van der Waals surface area contributed by atoms with Crippen molar-refractivity contribution < 1.29 is 4.74 Å². The van der Waals surface area contributed by atoms with Gasteiger partial charge in [-0.25, -0.2) is 9.97 Å². The summed E-state index contributed by atoms with van der Waals surface area (Å²) in [6.45, 7) is 3.13. The molecule has 1 aliphatic rings. The van der Waals surface area contributed by atoms with Crippen molar-refractivity contribution >= 4 is 23.2 Å². The average Bonchev–Trinajstić information content (AvgIpc) is 2.42. The van der Waals surface area contributed by atoms with E-state index in [1.807, 2.05) is 25.1 Å². The molecule has 2 heterocycles. The van der Waals surface area contributed by atoms with Crippen molar-refractivity contribution in [1.82, 2.24) is 9.97 Å². The fourth-order valence-corrected chi connectivity index (χ4v) is 2.48. The fraction of sp³-hybridized carbons (Fsp3) is 0.286. The lowest BCUT2D eigenvalue weighted by Crippen LogP contribution is -2.14. The molecule has 0 bridgehead atoms. The van der Waals surface area contributed by atoms with E-state index in [1.54, 1.807) is 0 Å². The molecule has 0 radical (unpaired) electrons. The van der Waals surface area contributed by atoms with Crippen LogP contribution in [0.1, 0.15) is 16.8 Å². The fourth-order valence-electron chi connectivity index (χ4n) is 2.05. The molecule has 1 aromatic heterocycles. The van der Waals surface area contributed by atoms with E-state index in [0.717, 1.165) is 28.8 Å². The first-order chi connectivity index (χ1) is 9.15. The number of halogens is 2. The largest absolute Gasteiger partial charge is 0.376 e. The van der Waals surface area contributed by atoms with E-state index >= 15 is 0 Å². The normalized spacial score (nSPS) is 14.3. The molecule has 5 heteroatoms. The number of hydrogen-bond donors (Lipinski definition) is 0. The Balaban J connectivity index is 2.10. The van der Waals surface area contributed by atoms with Crippen LogP contribution < -0.4 is 0 Å². The summed E-state index contributed by atoms with van der Waals surface area (Å²) in [5.41, 5.74) is 3.78. The summed E-state index contributed by atoms with van der Waals surface area (Å²) in [5.74, 6) is 0.618. The van der Waals surface area contributed by atoms with E-state index in [1.165, 1.54) is 0 Å². The lowest BCUT2D eigenvalue weighted by Gasteiger charge is -2.17. The lowest BCUT2D eigenvalue weighted by atomic mass is 10.1. The van der Waals surface area contributed by atoms with Gasteiger partial charge in [0.2, 0.25) is 0 Å². The molecular weight excluding hydrogens is 283 g/mol. The maximum absolute atomic E-state index is 6.20. The van der Waals surface area contributed by atoms with Crippen molar-refractivity contribution in [2.24, 2.45) is 0 Å². The third kappa shape index (κ3) is 2.46. The monoisotopic (exact) mass is 294 g/mol. The van der Waals surface area contributed by atoms with Crippen LogP contribution in [-0.4, -0.2) is 16.6 Å². The number of rotatable bonds is 1. The molecule has 0 unspecified atom stereocenters. The number of ether oxygens (including phenoxy) is 1. The number of nitrogens with zero attached hydrogens (tertiary/aromatic N) is 2. The Hall–Kier alpha value is -1.16. The van der Waals surface area contributed by atoms with Gasteiger partial charge in [-0.15, -0.1) is 0 Å². The highest BCUT2D eigenvalue weighted by Gasteiger charge is 2.17. The number of aryl methyl sites for hydroxylation is 1. The summed E-state index contributed by atoms with van der Waals surface area (Å²) >= 11 is 12.3. The van der Waals surface area contributed by atoms with Gasteiger partial charge in [-0.2, -0.15) is 0 Å². The number of benzene rings is 1. The second kappa shape index (κ2) is 5.08. The molecule has 1 aromatic carbocycles. The first kappa shape index (κ1) is 12.9. The van der Waals surface area contributed by atoms with Crippen molar-refractivity contribution in [3.05, 3.63) is 45.2 Å². The van der Waals surface area contributed by atoms with E-state index < -0.39 is 0 Å². The van der Waals surface area contributed by atoms with Crippen molar-refractivity contribution in [2.75, 3.05) is 6.61 Å². The van der Waals surface area contributed by atoms with Gasteiger partial charge < -0.3 is 4.74 Å². The van der Waals surface area contributed by atoms with Crippen molar-refractivity contribution in [1.29, 1.82) is 0 Å². The summed E-state index contributed by atoms with van der Waals surface area (Å²) < 4.78 is 5.37. The van der Waals surface area contributed by atoms with Crippen LogP contribution in [0.3, 0.4) is 0 Å². The molecular formula is C14H12Cl2N2O. The van der Waals surface area contributed by atoms with Crippen LogP contribution in [0.25, 0.3) is 11.4 Å². The Kier molecular flexibility index (Phi) is 3.44. The van der Waals surface area contributed by atoms with Crippen LogP contribution in [-0.2, 0) is 17.8 Å². The molecule has 0 aliphatic carbocycles. The quantitative estimate of drug-likeness (QED) is 0.750. The predicted molar refractivity (Wildman–Crippen MR) is 75.6 cm³/mol. The summed E-state index contributed by atoms with van der Waals surface area (Å²) in [5, 5.41) is 1.18. The standard InChI is InChI=1S/C14H12Cl2N2O/c1-8-2-3-9(6-11(8)15)14-17-12-4-5-19-7-10(12)13(16)18-14/h2-3,6H,4-5,7H2,1H3. The third-order valence-electron chi connectivity index (χ3n) is 3.20. The summed E-state index contributed by atoms with van der Waals surface area (Å²) in [4.78, 5) is 8.92. The molecule has 3 nitrogen and oxygen atoms in total. The minimum atomic E-state index is 0.469. The SMILES string of the molecule is Cc1ccc(-c2nc(Cl)c3c(n2)CCOC3)cc1Cl. The van der Waals surface area contributed by atoms with Crippen LogP contribution in [0.5, 0.6) is 0 Å². The molecule has 2 aromatic rings. The number of fused-ring (bicyclic) bond motifs is 1. The highest BCUT2D eigenvalue weighted by Crippen LogP contribution is 2.28. The van der Waals surface area contributed by atoms with Gasteiger partial charge in [0.25, 0.3) is 0 Å². The topological polar surface area (TPSA) is 35.0 Å². The molecule has 1 aliphatic heterocycles. The Morgan fingerprint density at radius 2 is 2.05 bits per heavy atom. The smallest absolute Gasteiger partial charge is 0.161 e. The lowest BCUT2D eigenvalue weighted by molar-refractivity contribution is 0.109. The van der Waals surface area contributed by atoms with Crippen LogP contribution >= 0.6 is 23.2 Å². The third-order valence-corrected chi connectivity index (χ3v) is 3.92. The first-order valence-electron chi connectivity index (χ1n) is 6.04. The van der Waals surface area contributed by atoms with E-state index in [0.29, 0.717) is 29.2 Å². The summed E-state index contributed by atoms with van der Waals surface area (Å²) in [6, 6.07) is 5.78. The average molecular weight is 295 g/mol. The Morgan fingerprint density at radius 3 is 2.84 bits per heavy atom. The number of hydrogen-bond acceptors (Lipinski definition) is 3. The maximum atomic E-state index is 6.20. The highest BCUT2D eigenvalue weighted by molar-refractivity contribution is 6.31. The van der Waals surface area contributed by atoms with Gasteiger partial charge in [0, 0.05) is 22.6 Å². The van der Waals surface area contributed by atoms with Crippen LogP contribution in [0, 0.1) is 6.92 Å². The van der Waals surface area contributed by atoms with Gasteiger partial charge in [-0.1, -0.05) is 35.3 Å². The molecule has 0 amide bonds. The van der Waals surface area contributed by atoms with E-state index in [9.17, 15) is 0 Å². The second-order valence-electron chi connectivity index (χ2n) is 4.53. The molecule has 0 saturated carbocycles.